The number of aryl methyl sites for hydroxylation is 2. The standard InChI is InChI=1S/C14H17N3O2/c1-17-11(9-16-14(17)15)4-2-10-3-5-12-13(8-10)19-7-6-18-12/h3,5,8-9H,2,4,6-7H2,1H3,(H2,15,16). The molecule has 0 amide bonds. The minimum atomic E-state index is 0.553. The van der Waals surface area contributed by atoms with E-state index in [-0.39, 0.29) is 0 Å². The molecule has 2 heterocycles. The highest BCUT2D eigenvalue weighted by Crippen LogP contribution is 2.31. The Morgan fingerprint density at radius 2 is 2.00 bits per heavy atom. The van der Waals surface area contributed by atoms with E-state index in [4.69, 9.17) is 15.2 Å². The van der Waals surface area contributed by atoms with E-state index in [9.17, 15) is 0 Å². The van der Waals surface area contributed by atoms with Crippen molar-refractivity contribution in [1.82, 2.24) is 9.55 Å². The van der Waals surface area contributed by atoms with Crippen molar-refractivity contribution in [2.24, 2.45) is 7.05 Å². The van der Waals surface area contributed by atoms with Crippen LogP contribution in [0.3, 0.4) is 0 Å². The number of anilines is 1. The Hall–Kier alpha value is -2.17. The summed E-state index contributed by atoms with van der Waals surface area (Å²) in [6, 6.07) is 6.10. The van der Waals surface area contributed by atoms with Gasteiger partial charge in [-0.1, -0.05) is 6.07 Å². The van der Waals surface area contributed by atoms with Crippen molar-refractivity contribution in [3.05, 3.63) is 35.7 Å². The molecule has 0 bridgehead atoms. The highest BCUT2D eigenvalue weighted by atomic mass is 16.6. The summed E-state index contributed by atoms with van der Waals surface area (Å²) in [4.78, 5) is 4.09. The third kappa shape index (κ3) is 2.36. The minimum Gasteiger partial charge on any atom is -0.486 e. The predicted molar refractivity (Wildman–Crippen MR) is 72.5 cm³/mol. The molecule has 100 valence electrons. The molecule has 0 spiro atoms. The first-order valence-electron chi connectivity index (χ1n) is 6.38. The molecule has 0 saturated carbocycles. The normalized spacial score (nSPS) is 13.5. The van der Waals surface area contributed by atoms with Crippen LogP contribution >= 0.6 is 0 Å². The van der Waals surface area contributed by atoms with Gasteiger partial charge < -0.3 is 19.8 Å². The van der Waals surface area contributed by atoms with Crippen LogP contribution in [0.2, 0.25) is 0 Å². The topological polar surface area (TPSA) is 62.3 Å². The van der Waals surface area contributed by atoms with Crippen LogP contribution in [-0.2, 0) is 19.9 Å². The van der Waals surface area contributed by atoms with E-state index in [1.165, 1.54) is 5.56 Å². The number of nitrogens with two attached hydrogens (primary N) is 1. The Balaban J connectivity index is 1.72. The third-order valence-corrected chi connectivity index (χ3v) is 3.40. The van der Waals surface area contributed by atoms with Gasteiger partial charge in [0.15, 0.2) is 17.4 Å². The molecule has 2 aromatic rings. The van der Waals surface area contributed by atoms with Crippen molar-refractivity contribution < 1.29 is 9.47 Å². The van der Waals surface area contributed by atoms with Crippen molar-refractivity contribution in [3.8, 4) is 11.5 Å². The number of nitrogens with zero attached hydrogens (tertiary/aromatic N) is 2. The first-order chi connectivity index (χ1) is 9.24. The molecule has 2 N–H and O–H groups in total. The van der Waals surface area contributed by atoms with Gasteiger partial charge in [-0.05, 0) is 30.5 Å². The number of ether oxygens (including phenoxy) is 2. The molecule has 0 radical (unpaired) electrons. The van der Waals surface area contributed by atoms with Crippen LogP contribution in [0.15, 0.2) is 24.4 Å². The van der Waals surface area contributed by atoms with Crippen LogP contribution in [0, 0.1) is 0 Å². The summed E-state index contributed by atoms with van der Waals surface area (Å²) >= 11 is 0. The van der Waals surface area contributed by atoms with Gasteiger partial charge in [0.1, 0.15) is 13.2 Å². The zero-order valence-corrected chi connectivity index (χ0v) is 10.9. The van der Waals surface area contributed by atoms with E-state index in [1.54, 1.807) is 0 Å². The van der Waals surface area contributed by atoms with Crippen molar-refractivity contribution >= 4 is 5.95 Å². The largest absolute Gasteiger partial charge is 0.486 e. The summed E-state index contributed by atoms with van der Waals surface area (Å²) in [6.07, 6.45) is 3.66. The average molecular weight is 259 g/mol. The molecule has 0 aliphatic carbocycles. The monoisotopic (exact) mass is 259 g/mol. The summed E-state index contributed by atoms with van der Waals surface area (Å²) in [5.41, 5.74) is 8.07. The molecular weight excluding hydrogens is 242 g/mol. The number of fused-ring (bicyclic) bond motifs is 1. The second-order valence-electron chi connectivity index (χ2n) is 4.64. The smallest absolute Gasteiger partial charge is 0.200 e. The lowest BCUT2D eigenvalue weighted by Crippen LogP contribution is -2.15. The molecule has 1 aromatic carbocycles. The van der Waals surface area contributed by atoms with Crippen LogP contribution in [0.4, 0.5) is 5.95 Å². The molecule has 3 rings (SSSR count). The first-order valence-corrected chi connectivity index (χ1v) is 6.38. The van der Waals surface area contributed by atoms with Crippen molar-refractivity contribution in [2.45, 2.75) is 12.8 Å². The average Bonchev–Trinajstić information content (AvgIpc) is 2.76. The fraction of sp³-hybridized carbons (Fsp3) is 0.357. The fourth-order valence-corrected chi connectivity index (χ4v) is 2.21. The SMILES string of the molecule is Cn1c(CCc2ccc3c(c2)OCCO3)cnc1N. The molecule has 5 heteroatoms. The number of aromatic nitrogens is 2. The third-order valence-electron chi connectivity index (χ3n) is 3.40. The highest BCUT2D eigenvalue weighted by Gasteiger charge is 2.12. The van der Waals surface area contributed by atoms with Crippen LogP contribution < -0.4 is 15.2 Å². The highest BCUT2D eigenvalue weighted by molar-refractivity contribution is 5.44. The lowest BCUT2D eigenvalue weighted by molar-refractivity contribution is 0.171. The molecule has 0 unspecified atom stereocenters. The van der Waals surface area contributed by atoms with E-state index < -0.39 is 0 Å². The maximum atomic E-state index is 5.72. The maximum absolute atomic E-state index is 5.72. The Morgan fingerprint density at radius 1 is 1.21 bits per heavy atom. The van der Waals surface area contributed by atoms with E-state index in [0.29, 0.717) is 19.2 Å². The summed E-state index contributed by atoms with van der Waals surface area (Å²) in [5.74, 6) is 2.23. The number of hydrogen-bond donors (Lipinski definition) is 1. The summed E-state index contributed by atoms with van der Waals surface area (Å²) < 4.78 is 13.0. The Morgan fingerprint density at radius 3 is 2.74 bits per heavy atom. The van der Waals surface area contributed by atoms with E-state index in [1.807, 2.05) is 29.9 Å². The van der Waals surface area contributed by atoms with Crippen LogP contribution in [0.1, 0.15) is 11.3 Å². The quantitative estimate of drug-likeness (QED) is 0.908. The molecular formula is C14H17N3O2. The number of nitrogen functional groups attached to an aromatic ring is 1. The van der Waals surface area contributed by atoms with Gasteiger partial charge in [-0.15, -0.1) is 0 Å². The zero-order chi connectivity index (χ0) is 13.2. The zero-order valence-electron chi connectivity index (χ0n) is 10.9. The van der Waals surface area contributed by atoms with Gasteiger partial charge in [0, 0.05) is 12.7 Å². The van der Waals surface area contributed by atoms with E-state index >= 15 is 0 Å². The number of benzene rings is 1. The predicted octanol–water partition coefficient (Wildman–Crippen LogP) is 1.56. The lowest BCUT2D eigenvalue weighted by atomic mass is 10.1. The molecule has 1 aliphatic rings. The van der Waals surface area contributed by atoms with Crippen molar-refractivity contribution in [2.75, 3.05) is 18.9 Å². The van der Waals surface area contributed by atoms with Crippen molar-refractivity contribution in [1.29, 1.82) is 0 Å². The van der Waals surface area contributed by atoms with Gasteiger partial charge >= 0.3 is 0 Å². The number of rotatable bonds is 3. The maximum Gasteiger partial charge on any atom is 0.200 e. The fourth-order valence-electron chi connectivity index (χ4n) is 2.21. The van der Waals surface area contributed by atoms with Crippen molar-refractivity contribution in [3.63, 3.8) is 0 Å². The Kier molecular flexibility index (Phi) is 3.03. The Bertz CT molecular complexity index is 592. The molecule has 1 aromatic heterocycles. The van der Waals surface area contributed by atoms with Gasteiger partial charge in [0.05, 0.1) is 6.20 Å². The summed E-state index contributed by atoms with van der Waals surface area (Å²) in [7, 11) is 1.93. The molecule has 19 heavy (non-hydrogen) atoms. The molecule has 0 saturated heterocycles. The number of hydrogen-bond acceptors (Lipinski definition) is 4. The Labute approximate surface area is 112 Å². The molecule has 0 fully saturated rings. The molecule has 0 atom stereocenters. The molecule has 1 aliphatic heterocycles. The van der Waals surface area contributed by atoms with Gasteiger partial charge in [-0.2, -0.15) is 0 Å². The minimum absolute atomic E-state index is 0.553. The second kappa shape index (κ2) is 4.84. The first kappa shape index (κ1) is 11.9. The van der Waals surface area contributed by atoms with Gasteiger partial charge in [-0.25, -0.2) is 4.98 Å². The van der Waals surface area contributed by atoms with Crippen LogP contribution in [-0.4, -0.2) is 22.8 Å². The van der Waals surface area contributed by atoms with Gasteiger partial charge in [0.25, 0.3) is 0 Å². The summed E-state index contributed by atoms with van der Waals surface area (Å²) in [6.45, 7) is 1.25. The van der Waals surface area contributed by atoms with E-state index in [2.05, 4.69) is 11.1 Å². The van der Waals surface area contributed by atoms with Crippen LogP contribution in [0.5, 0.6) is 11.5 Å². The summed E-state index contributed by atoms with van der Waals surface area (Å²) in [5, 5.41) is 0. The number of imidazole rings is 1. The van der Waals surface area contributed by atoms with Gasteiger partial charge in [0.2, 0.25) is 0 Å². The van der Waals surface area contributed by atoms with Gasteiger partial charge in [-0.3, -0.25) is 0 Å². The van der Waals surface area contributed by atoms with E-state index in [0.717, 1.165) is 30.0 Å². The molecule has 5 nitrogen and oxygen atoms in total. The van der Waals surface area contributed by atoms with Crippen LogP contribution in [0.25, 0.3) is 0 Å². The second-order valence-corrected chi connectivity index (χ2v) is 4.64. The lowest BCUT2D eigenvalue weighted by Gasteiger charge is -2.18.